The Morgan fingerprint density at radius 1 is 1.11 bits per heavy atom. The molecule has 0 N–H and O–H groups in total. The molecule has 0 radical (unpaired) electrons. The third-order valence-electron chi connectivity index (χ3n) is 4.83. The average Bonchev–Trinajstić information content (AvgIpc) is 3.51. The van der Waals surface area contributed by atoms with Gasteiger partial charge in [0.1, 0.15) is 5.82 Å². The number of thioether (sulfide) groups is 1. The second-order valence-electron chi connectivity index (χ2n) is 6.96. The fourth-order valence-electron chi connectivity index (χ4n) is 3.13. The molecule has 1 amide bonds. The fourth-order valence-corrected chi connectivity index (χ4v) is 3.86. The van der Waals surface area contributed by atoms with Crippen LogP contribution >= 0.6 is 11.8 Å². The number of hydrogen-bond donors (Lipinski definition) is 0. The minimum Gasteiger partial charge on any atom is -0.338 e. The maximum Gasteiger partial charge on any atom is 0.233 e. The van der Waals surface area contributed by atoms with E-state index in [1.165, 1.54) is 11.8 Å². The summed E-state index contributed by atoms with van der Waals surface area (Å²) in [6.07, 6.45) is 2.32. The summed E-state index contributed by atoms with van der Waals surface area (Å²) in [7, 11) is 0. The van der Waals surface area contributed by atoms with E-state index in [1.807, 2.05) is 77.2 Å². The third-order valence-corrected chi connectivity index (χ3v) is 5.65. The minimum absolute atomic E-state index is 0.111. The predicted molar refractivity (Wildman–Crippen MR) is 112 cm³/mol. The summed E-state index contributed by atoms with van der Waals surface area (Å²) in [4.78, 5) is 19.3. The first kappa shape index (κ1) is 18.7. The molecule has 1 aliphatic rings. The third kappa shape index (κ3) is 4.44. The van der Waals surface area contributed by atoms with Crippen molar-refractivity contribution in [3.8, 4) is 5.69 Å². The number of benzene rings is 2. The van der Waals surface area contributed by atoms with Crippen LogP contribution in [0, 0.1) is 0 Å². The molecule has 4 rings (SSSR count). The lowest BCUT2D eigenvalue weighted by atomic mass is 10.2. The molecule has 1 heterocycles. The van der Waals surface area contributed by atoms with Crippen molar-refractivity contribution in [2.75, 3.05) is 12.3 Å². The molecule has 1 aliphatic carbocycles. The van der Waals surface area contributed by atoms with Gasteiger partial charge in [0, 0.05) is 19.0 Å². The Kier molecular flexibility index (Phi) is 5.76. The lowest BCUT2D eigenvalue weighted by Crippen LogP contribution is -2.31. The van der Waals surface area contributed by atoms with E-state index in [0.29, 0.717) is 29.9 Å². The van der Waals surface area contributed by atoms with E-state index >= 15 is 0 Å². The monoisotopic (exact) mass is 392 g/mol. The van der Waals surface area contributed by atoms with Gasteiger partial charge in [0.25, 0.3) is 0 Å². The zero-order chi connectivity index (χ0) is 19.3. The van der Waals surface area contributed by atoms with E-state index in [-0.39, 0.29) is 5.91 Å². The Morgan fingerprint density at radius 3 is 2.43 bits per heavy atom. The van der Waals surface area contributed by atoms with E-state index in [4.69, 9.17) is 4.98 Å². The molecule has 5 nitrogen and oxygen atoms in total. The molecule has 0 saturated heterocycles. The normalized spacial score (nSPS) is 13.5. The van der Waals surface area contributed by atoms with Crippen molar-refractivity contribution in [1.29, 1.82) is 0 Å². The minimum atomic E-state index is 0.111. The summed E-state index contributed by atoms with van der Waals surface area (Å²) in [5, 5.41) is 5.36. The maximum atomic E-state index is 12.7. The number of rotatable bonds is 8. The summed E-state index contributed by atoms with van der Waals surface area (Å²) >= 11 is 1.42. The van der Waals surface area contributed by atoms with Crippen LogP contribution in [0.25, 0.3) is 5.69 Å². The summed E-state index contributed by atoms with van der Waals surface area (Å²) < 4.78 is 1.94. The number of carbonyl (C=O) groups is 1. The summed E-state index contributed by atoms with van der Waals surface area (Å²) in [6, 6.07) is 20.2. The van der Waals surface area contributed by atoms with Gasteiger partial charge in [-0.15, -0.1) is 5.10 Å². The number of aromatic nitrogens is 3. The Bertz CT molecular complexity index is 922. The van der Waals surface area contributed by atoms with Gasteiger partial charge in [-0.1, -0.05) is 60.3 Å². The van der Waals surface area contributed by atoms with E-state index in [9.17, 15) is 4.79 Å². The van der Waals surface area contributed by atoms with Gasteiger partial charge in [-0.05, 0) is 37.5 Å². The number of nitrogens with zero attached hydrogens (tertiary/aromatic N) is 4. The molecule has 1 saturated carbocycles. The number of hydrogen-bond acceptors (Lipinski definition) is 4. The predicted octanol–water partition coefficient (Wildman–Crippen LogP) is 4.29. The maximum absolute atomic E-state index is 12.7. The summed E-state index contributed by atoms with van der Waals surface area (Å²) in [6.45, 7) is 3.34. The van der Waals surface area contributed by atoms with Gasteiger partial charge < -0.3 is 4.90 Å². The molecular weight excluding hydrogens is 368 g/mol. The van der Waals surface area contributed by atoms with Crippen molar-refractivity contribution in [1.82, 2.24) is 19.7 Å². The van der Waals surface area contributed by atoms with E-state index < -0.39 is 0 Å². The van der Waals surface area contributed by atoms with Crippen molar-refractivity contribution >= 4 is 17.7 Å². The van der Waals surface area contributed by atoms with Gasteiger partial charge in [-0.3, -0.25) is 4.79 Å². The zero-order valence-corrected chi connectivity index (χ0v) is 16.8. The molecule has 28 heavy (non-hydrogen) atoms. The van der Waals surface area contributed by atoms with Crippen molar-refractivity contribution in [2.45, 2.75) is 37.4 Å². The Morgan fingerprint density at radius 2 is 1.79 bits per heavy atom. The smallest absolute Gasteiger partial charge is 0.233 e. The first-order chi connectivity index (χ1) is 13.7. The van der Waals surface area contributed by atoms with Gasteiger partial charge in [-0.2, -0.15) is 0 Å². The van der Waals surface area contributed by atoms with E-state index in [2.05, 4.69) is 5.10 Å². The van der Waals surface area contributed by atoms with Gasteiger partial charge in [0.05, 0.1) is 11.4 Å². The lowest BCUT2D eigenvalue weighted by molar-refractivity contribution is -0.128. The van der Waals surface area contributed by atoms with Crippen LogP contribution < -0.4 is 0 Å². The quantitative estimate of drug-likeness (QED) is 0.537. The molecule has 1 fully saturated rings. The van der Waals surface area contributed by atoms with Crippen LogP contribution in [0.4, 0.5) is 0 Å². The van der Waals surface area contributed by atoms with Crippen molar-refractivity contribution in [3.05, 3.63) is 72.1 Å². The molecular formula is C22H24N4OS. The SMILES string of the molecule is CCN(Cc1ccccc1)C(=O)CSc1nc(C2CC2)n(-c2ccccc2)n1. The Balaban J connectivity index is 1.43. The largest absolute Gasteiger partial charge is 0.338 e. The first-order valence-corrected chi connectivity index (χ1v) is 10.7. The molecule has 0 spiro atoms. The van der Waals surface area contributed by atoms with Crippen LogP contribution in [0.15, 0.2) is 65.8 Å². The summed E-state index contributed by atoms with van der Waals surface area (Å²) in [5.41, 5.74) is 2.17. The van der Waals surface area contributed by atoms with Gasteiger partial charge in [0.2, 0.25) is 11.1 Å². The Labute approximate surface area is 169 Å². The second-order valence-corrected chi connectivity index (χ2v) is 7.90. The summed E-state index contributed by atoms with van der Waals surface area (Å²) in [5.74, 6) is 1.96. The van der Waals surface area contributed by atoms with Gasteiger partial charge in [0.15, 0.2) is 0 Å². The highest BCUT2D eigenvalue weighted by Crippen LogP contribution is 2.40. The first-order valence-electron chi connectivity index (χ1n) is 9.71. The van der Waals surface area contributed by atoms with Gasteiger partial charge >= 0.3 is 0 Å². The van der Waals surface area contributed by atoms with Crippen LogP contribution in [-0.4, -0.2) is 37.9 Å². The Hall–Kier alpha value is -2.60. The van der Waals surface area contributed by atoms with Crippen molar-refractivity contribution in [2.24, 2.45) is 0 Å². The fraction of sp³-hybridized carbons (Fsp3) is 0.318. The molecule has 0 unspecified atom stereocenters. The second kappa shape index (κ2) is 8.61. The number of carbonyl (C=O) groups excluding carboxylic acids is 1. The number of amides is 1. The van der Waals surface area contributed by atoms with Gasteiger partial charge in [-0.25, -0.2) is 9.67 Å². The standard InChI is InChI=1S/C22H24N4OS/c1-2-25(15-17-9-5-3-6-10-17)20(27)16-28-22-23-21(18-13-14-18)26(24-22)19-11-7-4-8-12-19/h3-12,18H,2,13-16H2,1H3. The highest BCUT2D eigenvalue weighted by molar-refractivity contribution is 7.99. The molecule has 0 aliphatic heterocycles. The van der Waals surface area contributed by atoms with Crippen molar-refractivity contribution < 1.29 is 4.79 Å². The molecule has 3 aromatic rings. The van der Waals surface area contributed by atoms with Crippen LogP contribution in [0.1, 0.15) is 37.1 Å². The molecule has 0 bridgehead atoms. The highest BCUT2D eigenvalue weighted by atomic mass is 32.2. The number of para-hydroxylation sites is 1. The molecule has 144 valence electrons. The highest BCUT2D eigenvalue weighted by Gasteiger charge is 2.30. The molecule has 2 aromatic carbocycles. The van der Waals surface area contributed by atoms with Crippen LogP contribution in [0.2, 0.25) is 0 Å². The average molecular weight is 393 g/mol. The van der Waals surface area contributed by atoms with Crippen LogP contribution in [0.5, 0.6) is 0 Å². The van der Waals surface area contributed by atoms with E-state index in [1.54, 1.807) is 0 Å². The molecule has 0 atom stereocenters. The zero-order valence-electron chi connectivity index (χ0n) is 16.0. The van der Waals surface area contributed by atoms with Crippen molar-refractivity contribution in [3.63, 3.8) is 0 Å². The van der Waals surface area contributed by atoms with Crippen LogP contribution in [0.3, 0.4) is 0 Å². The molecule has 1 aromatic heterocycles. The molecule has 6 heteroatoms. The van der Waals surface area contributed by atoms with Crippen LogP contribution in [-0.2, 0) is 11.3 Å². The topological polar surface area (TPSA) is 51.0 Å². The van der Waals surface area contributed by atoms with E-state index in [0.717, 1.165) is 29.9 Å². The lowest BCUT2D eigenvalue weighted by Gasteiger charge is -2.20.